The van der Waals surface area contributed by atoms with Crippen LogP contribution in [0.2, 0.25) is 0 Å². The molecule has 2 heterocycles. The number of nitrogens with zero attached hydrogens (tertiary/aromatic N) is 3. The highest BCUT2D eigenvalue weighted by molar-refractivity contribution is 5.80. The van der Waals surface area contributed by atoms with Crippen LogP contribution in [0, 0.1) is 11.6 Å². The molecule has 0 aliphatic heterocycles. The molecule has 7 heteroatoms. The van der Waals surface area contributed by atoms with Gasteiger partial charge in [0.1, 0.15) is 0 Å². The van der Waals surface area contributed by atoms with Gasteiger partial charge in [-0.1, -0.05) is 12.1 Å². The molecule has 0 spiro atoms. The highest BCUT2D eigenvalue weighted by atomic mass is 19.2. The van der Waals surface area contributed by atoms with Crippen molar-refractivity contribution in [3.05, 3.63) is 83.7 Å². The Kier molecular flexibility index (Phi) is 6.84. The zero-order valence-electron chi connectivity index (χ0n) is 15.5. The van der Waals surface area contributed by atoms with Gasteiger partial charge in [-0.3, -0.25) is 9.98 Å². The quantitative estimate of drug-likeness (QED) is 0.433. The van der Waals surface area contributed by atoms with Gasteiger partial charge in [-0.25, -0.2) is 13.8 Å². The number of halogens is 2. The van der Waals surface area contributed by atoms with E-state index in [0.29, 0.717) is 30.8 Å². The Balaban J connectivity index is 1.62. The summed E-state index contributed by atoms with van der Waals surface area (Å²) in [6, 6.07) is 9.54. The highest BCUT2D eigenvalue weighted by Crippen LogP contribution is 2.27. The predicted molar refractivity (Wildman–Crippen MR) is 105 cm³/mol. The summed E-state index contributed by atoms with van der Waals surface area (Å²) in [4.78, 5) is 15.9. The van der Waals surface area contributed by atoms with Crippen LogP contribution in [0.15, 0.2) is 60.1 Å². The molecule has 0 aliphatic rings. The molecule has 1 aromatic carbocycles. The van der Waals surface area contributed by atoms with E-state index in [-0.39, 0.29) is 5.92 Å². The molecule has 0 radical (unpaired) electrons. The van der Waals surface area contributed by atoms with E-state index < -0.39 is 11.6 Å². The monoisotopic (exact) mass is 383 g/mol. The molecule has 0 saturated heterocycles. The molecule has 146 valence electrons. The first-order valence-corrected chi connectivity index (χ1v) is 9.25. The molecule has 3 rings (SSSR count). The zero-order chi connectivity index (χ0) is 19.8. The molecule has 0 amide bonds. The maximum atomic E-state index is 13.7. The lowest BCUT2D eigenvalue weighted by Gasteiger charge is -2.16. The number of pyridine rings is 1. The minimum atomic E-state index is -0.861. The van der Waals surface area contributed by atoms with Gasteiger partial charge in [0.15, 0.2) is 11.6 Å². The highest BCUT2D eigenvalue weighted by Gasteiger charge is 2.17. The number of hydrogen-bond acceptors (Lipinski definition) is 3. The van der Waals surface area contributed by atoms with Crippen LogP contribution in [-0.2, 0) is 6.42 Å². The summed E-state index contributed by atoms with van der Waals surface area (Å²) < 4.78 is 27.0. The third kappa shape index (κ3) is 5.45. The molecule has 0 saturated carbocycles. The Labute approximate surface area is 162 Å². The molecular weight excluding hydrogens is 360 g/mol. The largest absolute Gasteiger partial charge is 0.387 e. The molecule has 5 nitrogen and oxygen atoms in total. The van der Waals surface area contributed by atoms with E-state index in [1.165, 1.54) is 6.07 Å². The van der Waals surface area contributed by atoms with E-state index in [1.807, 2.05) is 18.2 Å². The number of nitrogens with two attached hydrogens (primary N) is 1. The summed E-state index contributed by atoms with van der Waals surface area (Å²) in [7, 11) is 0. The standard InChI is InChI=1S/C21H23F2N5/c22-18-8-7-15(12-19(18)23)17(20-5-1-2-10-26-20)9-11-27-21(24)6-3-4-16-13-25-14-28-16/h1-2,5,7-8,10,12-14,17H,3-4,6,9,11H2,(H2,24,27)(H,25,28)/t17-/m1/s1. The van der Waals surface area contributed by atoms with Gasteiger partial charge in [0.25, 0.3) is 0 Å². The van der Waals surface area contributed by atoms with Gasteiger partial charge >= 0.3 is 0 Å². The van der Waals surface area contributed by atoms with E-state index >= 15 is 0 Å². The predicted octanol–water partition coefficient (Wildman–Crippen LogP) is 3.99. The van der Waals surface area contributed by atoms with Crippen LogP contribution in [0.5, 0.6) is 0 Å². The number of amidine groups is 1. The summed E-state index contributed by atoms with van der Waals surface area (Å²) in [6.07, 6.45) is 8.18. The van der Waals surface area contributed by atoms with E-state index in [4.69, 9.17) is 5.73 Å². The molecule has 28 heavy (non-hydrogen) atoms. The van der Waals surface area contributed by atoms with Crippen molar-refractivity contribution < 1.29 is 8.78 Å². The van der Waals surface area contributed by atoms with Crippen molar-refractivity contribution in [2.45, 2.75) is 31.6 Å². The van der Waals surface area contributed by atoms with Crippen molar-refractivity contribution in [2.24, 2.45) is 10.7 Å². The molecule has 0 unspecified atom stereocenters. The first-order valence-electron chi connectivity index (χ1n) is 9.25. The number of aryl methyl sites for hydroxylation is 1. The van der Waals surface area contributed by atoms with Gasteiger partial charge in [0.2, 0.25) is 0 Å². The fraction of sp³-hybridized carbons (Fsp3) is 0.286. The Hall–Kier alpha value is -3.09. The minimum absolute atomic E-state index is 0.183. The number of benzene rings is 1. The summed E-state index contributed by atoms with van der Waals surface area (Å²) >= 11 is 0. The van der Waals surface area contributed by atoms with E-state index in [1.54, 1.807) is 24.8 Å². The number of nitrogens with one attached hydrogen (secondary N) is 1. The van der Waals surface area contributed by atoms with Crippen LogP contribution in [-0.4, -0.2) is 27.3 Å². The van der Waals surface area contributed by atoms with E-state index in [2.05, 4.69) is 19.9 Å². The van der Waals surface area contributed by atoms with Gasteiger partial charge < -0.3 is 10.7 Å². The lowest BCUT2D eigenvalue weighted by Crippen LogP contribution is -2.14. The number of rotatable bonds is 9. The van der Waals surface area contributed by atoms with Crippen LogP contribution in [0.3, 0.4) is 0 Å². The molecule has 3 N–H and O–H groups in total. The molecule has 0 bridgehead atoms. The van der Waals surface area contributed by atoms with Crippen LogP contribution < -0.4 is 5.73 Å². The minimum Gasteiger partial charge on any atom is -0.387 e. The lowest BCUT2D eigenvalue weighted by molar-refractivity contribution is 0.505. The average molecular weight is 383 g/mol. The Morgan fingerprint density at radius 3 is 2.79 bits per heavy atom. The second-order valence-corrected chi connectivity index (χ2v) is 6.57. The first-order chi connectivity index (χ1) is 13.6. The van der Waals surface area contributed by atoms with Crippen molar-refractivity contribution in [2.75, 3.05) is 6.54 Å². The van der Waals surface area contributed by atoms with Gasteiger partial charge in [0, 0.05) is 42.7 Å². The maximum Gasteiger partial charge on any atom is 0.159 e. The topological polar surface area (TPSA) is 80.0 Å². The number of aliphatic imine (C=N–C) groups is 1. The maximum absolute atomic E-state index is 13.7. The van der Waals surface area contributed by atoms with Crippen molar-refractivity contribution in [3.63, 3.8) is 0 Å². The second kappa shape index (κ2) is 9.73. The molecule has 3 aromatic rings. The summed E-state index contributed by atoms with van der Waals surface area (Å²) in [6.45, 7) is 0.482. The van der Waals surface area contributed by atoms with Crippen LogP contribution in [0.1, 0.15) is 42.1 Å². The van der Waals surface area contributed by atoms with Gasteiger partial charge in [-0.15, -0.1) is 0 Å². The molecule has 0 fully saturated rings. The summed E-state index contributed by atoms with van der Waals surface area (Å²) in [5.74, 6) is -1.31. The van der Waals surface area contributed by atoms with Gasteiger partial charge in [-0.05, 0) is 49.1 Å². The number of aromatic amines is 1. The van der Waals surface area contributed by atoms with Crippen molar-refractivity contribution in [1.29, 1.82) is 0 Å². The van der Waals surface area contributed by atoms with Gasteiger partial charge in [0.05, 0.1) is 12.2 Å². The third-order valence-electron chi connectivity index (χ3n) is 4.56. The summed E-state index contributed by atoms with van der Waals surface area (Å²) in [5, 5.41) is 0. The van der Waals surface area contributed by atoms with Crippen molar-refractivity contribution >= 4 is 5.84 Å². The number of H-pyrrole nitrogens is 1. The second-order valence-electron chi connectivity index (χ2n) is 6.57. The Bertz CT molecular complexity index is 894. The smallest absolute Gasteiger partial charge is 0.159 e. The third-order valence-corrected chi connectivity index (χ3v) is 4.56. The molecule has 1 atom stereocenters. The van der Waals surface area contributed by atoms with Crippen molar-refractivity contribution in [3.8, 4) is 0 Å². The Morgan fingerprint density at radius 2 is 2.07 bits per heavy atom. The summed E-state index contributed by atoms with van der Waals surface area (Å²) in [5.41, 5.74) is 8.56. The SMILES string of the molecule is NC(CCCc1cnc[nH]1)=NCC[C@H](c1ccc(F)c(F)c1)c1ccccn1. The molecule has 2 aromatic heterocycles. The fourth-order valence-electron chi connectivity index (χ4n) is 3.09. The fourth-order valence-corrected chi connectivity index (χ4v) is 3.09. The number of aromatic nitrogens is 3. The van der Waals surface area contributed by atoms with Crippen LogP contribution in [0.25, 0.3) is 0 Å². The Morgan fingerprint density at radius 1 is 1.18 bits per heavy atom. The first kappa shape index (κ1) is 19.7. The lowest BCUT2D eigenvalue weighted by atomic mass is 9.92. The van der Waals surface area contributed by atoms with Crippen LogP contribution in [0.4, 0.5) is 8.78 Å². The molecular formula is C21H23F2N5. The number of imidazole rings is 1. The van der Waals surface area contributed by atoms with Crippen LogP contribution >= 0.6 is 0 Å². The zero-order valence-corrected chi connectivity index (χ0v) is 15.5. The van der Waals surface area contributed by atoms with Gasteiger partial charge in [-0.2, -0.15) is 0 Å². The normalized spacial score (nSPS) is 12.9. The van der Waals surface area contributed by atoms with E-state index in [0.717, 1.165) is 30.3 Å². The molecule has 0 aliphatic carbocycles. The van der Waals surface area contributed by atoms with Crippen molar-refractivity contribution in [1.82, 2.24) is 15.0 Å². The van der Waals surface area contributed by atoms with E-state index in [9.17, 15) is 8.78 Å². The average Bonchev–Trinajstić information content (AvgIpc) is 3.22. The number of hydrogen-bond donors (Lipinski definition) is 2.